The molecule has 0 saturated carbocycles. The third-order valence-corrected chi connectivity index (χ3v) is 4.39. The number of hydrogen-bond acceptors (Lipinski definition) is 4. The number of fused-ring (bicyclic) bond motifs is 1. The van der Waals surface area contributed by atoms with Gasteiger partial charge in [0.25, 0.3) is 0 Å². The molecule has 144 valence electrons. The molecule has 1 aliphatic rings. The molecule has 0 fully saturated rings. The highest BCUT2D eigenvalue weighted by atomic mass is 19.1. The van der Waals surface area contributed by atoms with Crippen molar-refractivity contribution >= 4 is 12.1 Å². The Kier molecular flexibility index (Phi) is 4.82. The molecule has 1 amide bonds. The van der Waals surface area contributed by atoms with Gasteiger partial charge in [0.15, 0.2) is 0 Å². The van der Waals surface area contributed by atoms with Crippen molar-refractivity contribution in [3.05, 3.63) is 58.4 Å². The summed E-state index contributed by atoms with van der Waals surface area (Å²) in [4.78, 5) is 25.5. The zero-order chi connectivity index (χ0) is 20.6. The van der Waals surface area contributed by atoms with Crippen molar-refractivity contribution in [2.75, 3.05) is 0 Å². The van der Waals surface area contributed by atoms with Crippen molar-refractivity contribution in [3.63, 3.8) is 0 Å². The zero-order valence-electron chi connectivity index (χ0n) is 15.7. The Morgan fingerprint density at radius 3 is 2.39 bits per heavy atom. The zero-order valence-corrected chi connectivity index (χ0v) is 15.7. The fraction of sp³-hybridized carbons (Fsp3) is 0.286. The third-order valence-electron chi connectivity index (χ3n) is 4.39. The van der Waals surface area contributed by atoms with Gasteiger partial charge in [0.1, 0.15) is 11.4 Å². The standard InChI is InChI=1S/C21H19FN2O4/c1-21(2,3)28-20(27)24-10-16-14(6-7-18(22)17(16)11-24)13-5-4-12(9-23)8-15(13)19(25)26/h4-8H,10-11H2,1-3H3,(H,25,26). The Labute approximate surface area is 161 Å². The molecule has 0 unspecified atom stereocenters. The van der Waals surface area contributed by atoms with Crippen molar-refractivity contribution in [2.24, 2.45) is 0 Å². The smallest absolute Gasteiger partial charge is 0.410 e. The average molecular weight is 382 g/mol. The molecule has 7 heteroatoms. The van der Waals surface area contributed by atoms with Gasteiger partial charge in [-0.2, -0.15) is 5.26 Å². The Hall–Kier alpha value is -3.40. The SMILES string of the molecule is CC(C)(C)OC(=O)N1Cc2c(F)ccc(-c3ccc(C#N)cc3C(=O)O)c2C1. The maximum Gasteiger partial charge on any atom is 0.410 e. The number of nitrogens with zero attached hydrogens (tertiary/aromatic N) is 2. The summed E-state index contributed by atoms with van der Waals surface area (Å²) >= 11 is 0. The molecule has 2 aromatic carbocycles. The van der Waals surface area contributed by atoms with E-state index in [0.29, 0.717) is 22.3 Å². The molecule has 0 bridgehead atoms. The average Bonchev–Trinajstić information content (AvgIpc) is 3.07. The van der Waals surface area contributed by atoms with Gasteiger partial charge in [0, 0.05) is 5.56 Å². The summed E-state index contributed by atoms with van der Waals surface area (Å²) in [5.74, 6) is -1.65. The van der Waals surface area contributed by atoms with Crippen LogP contribution in [0, 0.1) is 17.1 Å². The second kappa shape index (κ2) is 6.97. The van der Waals surface area contributed by atoms with E-state index in [1.165, 1.54) is 35.2 Å². The van der Waals surface area contributed by atoms with E-state index in [4.69, 9.17) is 10.00 Å². The first-order valence-corrected chi connectivity index (χ1v) is 8.66. The van der Waals surface area contributed by atoms with E-state index in [2.05, 4.69) is 0 Å². The van der Waals surface area contributed by atoms with Gasteiger partial charge in [-0.05, 0) is 55.7 Å². The number of carbonyl (C=O) groups excluding carboxylic acids is 1. The minimum atomic E-state index is -1.19. The molecule has 3 rings (SSSR count). The first kappa shape index (κ1) is 19.4. The van der Waals surface area contributed by atoms with Crippen LogP contribution in [0.5, 0.6) is 0 Å². The summed E-state index contributed by atoms with van der Waals surface area (Å²) in [5, 5.41) is 18.6. The van der Waals surface area contributed by atoms with Gasteiger partial charge in [-0.25, -0.2) is 14.0 Å². The van der Waals surface area contributed by atoms with Gasteiger partial charge < -0.3 is 9.84 Å². The Morgan fingerprint density at radius 2 is 1.79 bits per heavy atom. The van der Waals surface area contributed by atoms with Crippen molar-refractivity contribution in [1.29, 1.82) is 5.26 Å². The number of benzene rings is 2. The van der Waals surface area contributed by atoms with Crippen molar-refractivity contribution in [1.82, 2.24) is 4.90 Å². The first-order valence-electron chi connectivity index (χ1n) is 8.66. The first-order chi connectivity index (χ1) is 13.1. The van der Waals surface area contributed by atoms with Crippen LogP contribution in [0.4, 0.5) is 9.18 Å². The molecule has 28 heavy (non-hydrogen) atoms. The molecule has 0 aromatic heterocycles. The summed E-state index contributed by atoms with van der Waals surface area (Å²) in [6, 6.07) is 9.01. The Morgan fingerprint density at radius 1 is 1.14 bits per heavy atom. The lowest BCUT2D eigenvalue weighted by molar-refractivity contribution is 0.0241. The number of ether oxygens (including phenoxy) is 1. The number of rotatable bonds is 2. The molecule has 2 aromatic rings. The predicted octanol–water partition coefficient (Wildman–Crippen LogP) is 4.31. The van der Waals surface area contributed by atoms with E-state index < -0.39 is 23.5 Å². The third kappa shape index (κ3) is 3.67. The Bertz CT molecular complexity index is 1020. The highest BCUT2D eigenvalue weighted by Crippen LogP contribution is 2.36. The number of hydrogen-bond donors (Lipinski definition) is 1. The van der Waals surface area contributed by atoms with Crippen LogP contribution in [0.2, 0.25) is 0 Å². The summed E-state index contributed by atoms with van der Waals surface area (Å²) in [6.07, 6.45) is -0.563. The molecule has 1 heterocycles. The van der Waals surface area contributed by atoms with Crippen LogP contribution in [-0.4, -0.2) is 27.7 Å². The normalized spacial score (nSPS) is 13.0. The quantitative estimate of drug-likeness (QED) is 0.836. The second-order valence-corrected chi connectivity index (χ2v) is 7.57. The van der Waals surface area contributed by atoms with E-state index in [-0.39, 0.29) is 24.2 Å². The molecule has 0 aliphatic carbocycles. The topological polar surface area (TPSA) is 90.6 Å². The van der Waals surface area contributed by atoms with Gasteiger partial charge in [0.05, 0.1) is 30.3 Å². The number of nitriles is 1. The van der Waals surface area contributed by atoms with E-state index in [9.17, 15) is 19.1 Å². The maximum absolute atomic E-state index is 14.4. The number of amides is 1. The highest BCUT2D eigenvalue weighted by molar-refractivity contribution is 5.97. The molecule has 1 aliphatic heterocycles. The van der Waals surface area contributed by atoms with Crippen molar-refractivity contribution in [3.8, 4) is 17.2 Å². The van der Waals surface area contributed by atoms with E-state index in [1.54, 1.807) is 20.8 Å². The monoisotopic (exact) mass is 382 g/mol. The lowest BCUT2D eigenvalue weighted by Gasteiger charge is -2.24. The van der Waals surface area contributed by atoms with Crippen LogP contribution in [0.3, 0.4) is 0 Å². The van der Waals surface area contributed by atoms with E-state index in [1.807, 2.05) is 6.07 Å². The van der Waals surface area contributed by atoms with E-state index in [0.717, 1.165) is 0 Å². The van der Waals surface area contributed by atoms with Crippen LogP contribution in [0.25, 0.3) is 11.1 Å². The molecular formula is C21H19FN2O4. The van der Waals surface area contributed by atoms with Crippen LogP contribution in [0.15, 0.2) is 30.3 Å². The molecule has 0 saturated heterocycles. The van der Waals surface area contributed by atoms with E-state index >= 15 is 0 Å². The van der Waals surface area contributed by atoms with Crippen molar-refractivity contribution in [2.45, 2.75) is 39.5 Å². The van der Waals surface area contributed by atoms with Crippen LogP contribution >= 0.6 is 0 Å². The number of carboxylic acids is 1. The van der Waals surface area contributed by atoms with Gasteiger partial charge in [-0.1, -0.05) is 12.1 Å². The van der Waals surface area contributed by atoms with Gasteiger partial charge in [-0.15, -0.1) is 0 Å². The number of aromatic carboxylic acids is 1. The van der Waals surface area contributed by atoms with Crippen LogP contribution in [-0.2, 0) is 17.8 Å². The van der Waals surface area contributed by atoms with Crippen LogP contribution < -0.4 is 0 Å². The minimum absolute atomic E-state index is 0.0442. The summed E-state index contributed by atoms with van der Waals surface area (Å²) in [5.41, 5.74) is 1.25. The highest BCUT2D eigenvalue weighted by Gasteiger charge is 2.32. The largest absolute Gasteiger partial charge is 0.478 e. The second-order valence-electron chi connectivity index (χ2n) is 7.57. The summed E-state index contributed by atoms with van der Waals surface area (Å²) < 4.78 is 19.8. The number of carboxylic acid groups (broad SMARTS) is 1. The summed E-state index contributed by atoms with van der Waals surface area (Å²) in [7, 11) is 0. The molecular weight excluding hydrogens is 363 g/mol. The molecule has 1 N–H and O–H groups in total. The molecule has 6 nitrogen and oxygen atoms in total. The fourth-order valence-corrected chi connectivity index (χ4v) is 3.19. The van der Waals surface area contributed by atoms with Gasteiger partial charge >= 0.3 is 12.1 Å². The lowest BCUT2D eigenvalue weighted by Crippen LogP contribution is -2.33. The predicted molar refractivity (Wildman–Crippen MR) is 99.0 cm³/mol. The molecule has 0 spiro atoms. The fourth-order valence-electron chi connectivity index (χ4n) is 3.19. The Balaban J connectivity index is 2.06. The lowest BCUT2D eigenvalue weighted by atomic mass is 9.92. The van der Waals surface area contributed by atoms with Crippen LogP contribution in [0.1, 0.15) is 47.8 Å². The minimum Gasteiger partial charge on any atom is -0.478 e. The van der Waals surface area contributed by atoms with Crippen molar-refractivity contribution < 1.29 is 23.8 Å². The number of carbonyl (C=O) groups is 2. The summed E-state index contributed by atoms with van der Waals surface area (Å²) in [6.45, 7) is 5.39. The molecule has 0 radical (unpaired) electrons. The van der Waals surface area contributed by atoms with Gasteiger partial charge in [-0.3, -0.25) is 4.90 Å². The molecule has 0 atom stereocenters. The van der Waals surface area contributed by atoms with Gasteiger partial charge in [0.2, 0.25) is 0 Å². The maximum atomic E-state index is 14.4. The number of halogens is 1.